The van der Waals surface area contributed by atoms with Gasteiger partial charge in [0.1, 0.15) is 11.4 Å². The quantitative estimate of drug-likeness (QED) is 0.340. The Morgan fingerprint density at radius 1 is 0.967 bits per heavy atom. The predicted octanol–water partition coefficient (Wildman–Crippen LogP) is 6.66. The molecule has 30 heavy (non-hydrogen) atoms. The summed E-state index contributed by atoms with van der Waals surface area (Å²) in [7, 11) is 0. The van der Waals surface area contributed by atoms with E-state index in [1.807, 2.05) is 18.3 Å². The molecule has 0 aliphatic rings. The molecule has 5 heteroatoms. The summed E-state index contributed by atoms with van der Waals surface area (Å²) in [4.78, 5) is 14.2. The Labute approximate surface area is 175 Å². The fraction of sp³-hybridized carbons (Fsp3) is 0.320. The number of hydrogen-bond donors (Lipinski definition) is 0. The lowest BCUT2D eigenvalue weighted by molar-refractivity contribution is 0.653. The van der Waals surface area contributed by atoms with Crippen LogP contribution in [0.2, 0.25) is 0 Å². The van der Waals surface area contributed by atoms with Gasteiger partial charge in [0.15, 0.2) is 0 Å². The molecular weight excluding hydrogens is 372 g/mol. The molecule has 0 bridgehead atoms. The topological polar surface area (TPSA) is 56.7 Å². The third-order valence-corrected chi connectivity index (χ3v) is 5.84. The molecule has 4 heterocycles. The van der Waals surface area contributed by atoms with Gasteiger partial charge in [0, 0.05) is 29.7 Å². The maximum absolute atomic E-state index is 6.32. The molecule has 0 N–H and O–H groups in total. The Kier molecular flexibility index (Phi) is 4.35. The highest BCUT2D eigenvalue weighted by Crippen LogP contribution is 2.40. The molecule has 1 aromatic carbocycles. The number of nitrogens with zero attached hydrogens (tertiary/aromatic N) is 4. The van der Waals surface area contributed by atoms with Gasteiger partial charge >= 0.3 is 0 Å². The third kappa shape index (κ3) is 2.65. The molecular formula is C25H26N4O. The van der Waals surface area contributed by atoms with Gasteiger partial charge in [-0.3, -0.25) is 4.98 Å². The summed E-state index contributed by atoms with van der Waals surface area (Å²) in [5.74, 6) is 1.62. The lowest BCUT2D eigenvalue weighted by atomic mass is 9.95. The van der Waals surface area contributed by atoms with Crippen molar-refractivity contribution in [1.29, 1.82) is 0 Å². The molecule has 0 unspecified atom stereocenters. The van der Waals surface area contributed by atoms with Crippen molar-refractivity contribution >= 4 is 33.1 Å². The van der Waals surface area contributed by atoms with Crippen LogP contribution in [0.5, 0.6) is 0 Å². The molecule has 0 spiro atoms. The van der Waals surface area contributed by atoms with Gasteiger partial charge in [-0.15, -0.1) is 0 Å². The molecule has 152 valence electrons. The van der Waals surface area contributed by atoms with E-state index in [1.54, 1.807) is 6.20 Å². The zero-order valence-electron chi connectivity index (χ0n) is 18.1. The summed E-state index contributed by atoms with van der Waals surface area (Å²) in [5, 5.41) is 2.20. The Morgan fingerprint density at radius 2 is 1.80 bits per heavy atom. The number of aryl methyl sites for hydroxylation is 1. The second kappa shape index (κ2) is 6.94. The largest absolute Gasteiger partial charge is 0.437 e. The standard InChI is InChI=1S/C25H26N4O/c1-6-29-22-19(11-13-26-21(22)15(4)5)28-24(29)18-10-9-16(14(2)3)20-17-8-7-12-27-25(17)30-23(18)20/h7-15H,6H2,1-5H3. The average Bonchev–Trinajstić information content (AvgIpc) is 3.31. The summed E-state index contributed by atoms with van der Waals surface area (Å²) >= 11 is 0. The number of furan rings is 1. The lowest BCUT2D eigenvalue weighted by Gasteiger charge is -2.12. The second-order valence-electron chi connectivity index (χ2n) is 8.42. The van der Waals surface area contributed by atoms with Crippen molar-refractivity contribution < 1.29 is 4.42 Å². The first-order valence-electron chi connectivity index (χ1n) is 10.7. The van der Waals surface area contributed by atoms with E-state index in [4.69, 9.17) is 9.40 Å². The highest BCUT2D eigenvalue weighted by atomic mass is 16.3. The van der Waals surface area contributed by atoms with E-state index in [1.165, 1.54) is 5.56 Å². The number of imidazole rings is 1. The molecule has 4 aromatic heterocycles. The van der Waals surface area contributed by atoms with Crippen LogP contribution in [-0.4, -0.2) is 19.5 Å². The van der Waals surface area contributed by atoms with E-state index in [0.717, 1.165) is 51.0 Å². The molecule has 0 saturated heterocycles. The summed E-state index contributed by atoms with van der Waals surface area (Å²) in [6.07, 6.45) is 3.64. The Morgan fingerprint density at radius 3 is 2.53 bits per heavy atom. The average molecular weight is 399 g/mol. The summed E-state index contributed by atoms with van der Waals surface area (Å²) in [6.45, 7) is 11.7. The van der Waals surface area contributed by atoms with Crippen LogP contribution in [0.15, 0.2) is 47.1 Å². The maximum Gasteiger partial charge on any atom is 0.227 e. The molecule has 5 rings (SSSR count). The smallest absolute Gasteiger partial charge is 0.227 e. The maximum atomic E-state index is 6.32. The number of benzene rings is 1. The first kappa shape index (κ1) is 18.8. The van der Waals surface area contributed by atoms with Crippen LogP contribution in [-0.2, 0) is 6.54 Å². The van der Waals surface area contributed by atoms with Crippen LogP contribution >= 0.6 is 0 Å². The normalized spacial score (nSPS) is 12.2. The zero-order valence-corrected chi connectivity index (χ0v) is 18.1. The lowest BCUT2D eigenvalue weighted by Crippen LogP contribution is -2.02. The number of hydrogen-bond acceptors (Lipinski definition) is 4. The molecule has 0 saturated carbocycles. The molecule has 0 aliphatic heterocycles. The van der Waals surface area contributed by atoms with Crippen molar-refractivity contribution in [1.82, 2.24) is 19.5 Å². The Bertz CT molecular complexity index is 1390. The highest BCUT2D eigenvalue weighted by molar-refractivity contribution is 6.10. The SMILES string of the molecule is CCn1c(-c2ccc(C(C)C)c3c2oc2ncccc23)nc2ccnc(C(C)C)c21. The third-order valence-electron chi connectivity index (χ3n) is 5.84. The minimum absolute atomic E-state index is 0.322. The molecule has 5 aromatic rings. The molecule has 5 nitrogen and oxygen atoms in total. The molecule has 0 atom stereocenters. The van der Waals surface area contributed by atoms with Gasteiger partial charge in [0.05, 0.1) is 22.3 Å². The zero-order chi connectivity index (χ0) is 21.0. The van der Waals surface area contributed by atoms with E-state index in [0.29, 0.717) is 17.5 Å². The van der Waals surface area contributed by atoms with E-state index < -0.39 is 0 Å². The first-order chi connectivity index (χ1) is 14.5. The highest BCUT2D eigenvalue weighted by Gasteiger charge is 2.23. The van der Waals surface area contributed by atoms with Gasteiger partial charge in [0.25, 0.3) is 0 Å². The van der Waals surface area contributed by atoms with Crippen molar-refractivity contribution in [3.8, 4) is 11.4 Å². The van der Waals surface area contributed by atoms with Crippen LogP contribution < -0.4 is 0 Å². The van der Waals surface area contributed by atoms with Gasteiger partial charge in [0.2, 0.25) is 5.71 Å². The second-order valence-corrected chi connectivity index (χ2v) is 8.42. The van der Waals surface area contributed by atoms with Crippen molar-refractivity contribution in [3.63, 3.8) is 0 Å². The minimum Gasteiger partial charge on any atom is -0.437 e. The van der Waals surface area contributed by atoms with E-state index in [2.05, 4.69) is 67.4 Å². The van der Waals surface area contributed by atoms with Gasteiger partial charge in [-0.1, -0.05) is 33.8 Å². The van der Waals surface area contributed by atoms with Crippen molar-refractivity contribution in [2.75, 3.05) is 0 Å². The van der Waals surface area contributed by atoms with E-state index in [-0.39, 0.29) is 0 Å². The fourth-order valence-corrected chi connectivity index (χ4v) is 4.44. The van der Waals surface area contributed by atoms with Gasteiger partial charge in [-0.25, -0.2) is 9.97 Å². The molecule has 0 radical (unpaired) electrons. The fourth-order valence-electron chi connectivity index (χ4n) is 4.44. The Hall–Kier alpha value is -3.21. The van der Waals surface area contributed by atoms with E-state index >= 15 is 0 Å². The van der Waals surface area contributed by atoms with Crippen LogP contribution in [0.4, 0.5) is 0 Å². The summed E-state index contributed by atoms with van der Waals surface area (Å²) in [6, 6.07) is 10.4. The monoisotopic (exact) mass is 398 g/mol. The Balaban J connectivity index is 1.90. The van der Waals surface area contributed by atoms with Crippen molar-refractivity contribution in [3.05, 3.63) is 54.0 Å². The predicted molar refractivity (Wildman–Crippen MR) is 122 cm³/mol. The van der Waals surface area contributed by atoms with Crippen LogP contribution in [0.1, 0.15) is 57.7 Å². The molecule has 0 amide bonds. The van der Waals surface area contributed by atoms with Gasteiger partial charge < -0.3 is 8.98 Å². The minimum atomic E-state index is 0.322. The molecule has 0 fully saturated rings. The number of pyridine rings is 2. The number of rotatable bonds is 4. The van der Waals surface area contributed by atoms with Gasteiger partial charge in [-0.05, 0) is 48.6 Å². The van der Waals surface area contributed by atoms with Crippen molar-refractivity contribution in [2.24, 2.45) is 0 Å². The van der Waals surface area contributed by atoms with E-state index in [9.17, 15) is 0 Å². The van der Waals surface area contributed by atoms with Crippen LogP contribution in [0.25, 0.3) is 44.5 Å². The van der Waals surface area contributed by atoms with Crippen LogP contribution in [0, 0.1) is 0 Å². The molecule has 0 aliphatic carbocycles. The summed E-state index contributed by atoms with van der Waals surface area (Å²) < 4.78 is 8.59. The first-order valence-corrected chi connectivity index (χ1v) is 10.7. The van der Waals surface area contributed by atoms with Gasteiger partial charge in [-0.2, -0.15) is 0 Å². The number of fused-ring (bicyclic) bond motifs is 4. The summed E-state index contributed by atoms with van der Waals surface area (Å²) in [5.41, 5.74) is 6.96. The van der Waals surface area contributed by atoms with Crippen molar-refractivity contribution in [2.45, 2.75) is 53.0 Å². The number of aromatic nitrogens is 4. The van der Waals surface area contributed by atoms with Crippen LogP contribution in [0.3, 0.4) is 0 Å².